The highest BCUT2D eigenvalue weighted by Crippen LogP contribution is 2.34. The van der Waals surface area contributed by atoms with Crippen molar-refractivity contribution in [3.63, 3.8) is 0 Å². The van der Waals surface area contributed by atoms with E-state index in [1.807, 2.05) is 20.8 Å². The average Bonchev–Trinajstić information content (AvgIpc) is 3.28. The van der Waals surface area contributed by atoms with Gasteiger partial charge in [-0.15, -0.1) is 5.10 Å². The highest BCUT2D eigenvalue weighted by atomic mass is 16.5. The van der Waals surface area contributed by atoms with E-state index in [0.717, 1.165) is 0 Å². The molecule has 0 saturated carbocycles. The number of hydrogen-bond acceptors (Lipinski definition) is 7. The monoisotopic (exact) mass is 422 g/mol. The lowest BCUT2D eigenvalue weighted by Crippen LogP contribution is -2.49. The molecule has 3 rings (SSSR count). The van der Waals surface area contributed by atoms with Crippen LogP contribution in [0.4, 0.5) is 0 Å². The fraction of sp³-hybridized carbons (Fsp3) is 0.737. The molecule has 166 valence electrons. The van der Waals surface area contributed by atoms with Crippen molar-refractivity contribution >= 4 is 17.7 Å². The number of amides is 3. The van der Waals surface area contributed by atoms with Crippen LogP contribution in [0.25, 0.3) is 0 Å². The summed E-state index contributed by atoms with van der Waals surface area (Å²) in [5, 5.41) is 20.9. The highest BCUT2D eigenvalue weighted by molar-refractivity contribution is 5.90. The van der Waals surface area contributed by atoms with Crippen molar-refractivity contribution in [1.82, 2.24) is 30.1 Å². The molecule has 30 heavy (non-hydrogen) atoms. The topological polar surface area (TPSA) is 130 Å². The Hall–Kier alpha value is -2.53. The number of aromatic nitrogens is 3. The number of morpholine rings is 1. The number of ether oxygens (including phenoxy) is 1. The Morgan fingerprint density at radius 2 is 2.13 bits per heavy atom. The third kappa shape index (κ3) is 4.62. The van der Waals surface area contributed by atoms with Gasteiger partial charge in [0.25, 0.3) is 0 Å². The van der Waals surface area contributed by atoms with Gasteiger partial charge in [-0.05, 0) is 5.41 Å². The minimum Gasteiger partial charge on any atom is -0.391 e. The van der Waals surface area contributed by atoms with Gasteiger partial charge in [-0.1, -0.05) is 26.0 Å². The third-order valence-corrected chi connectivity index (χ3v) is 5.42. The van der Waals surface area contributed by atoms with E-state index in [-0.39, 0.29) is 43.8 Å². The number of carbonyl (C=O) groups is 3. The molecule has 1 aromatic rings. The van der Waals surface area contributed by atoms with Crippen LogP contribution < -0.4 is 5.32 Å². The number of nitrogens with one attached hydrogen (secondary N) is 1. The van der Waals surface area contributed by atoms with Crippen molar-refractivity contribution in [3.8, 4) is 0 Å². The number of aliphatic hydroxyl groups excluding tert-OH is 1. The summed E-state index contributed by atoms with van der Waals surface area (Å²) < 4.78 is 6.63. The lowest BCUT2D eigenvalue weighted by molar-refractivity contribution is -0.144. The minimum absolute atomic E-state index is 0.0510. The maximum Gasteiger partial charge on any atom is 0.249 e. The van der Waals surface area contributed by atoms with Gasteiger partial charge in [0.2, 0.25) is 17.7 Å². The molecular formula is C19H30N6O5. The van der Waals surface area contributed by atoms with Crippen LogP contribution in [0, 0.1) is 5.41 Å². The van der Waals surface area contributed by atoms with Gasteiger partial charge >= 0.3 is 0 Å². The Morgan fingerprint density at radius 1 is 1.40 bits per heavy atom. The zero-order chi connectivity index (χ0) is 22.1. The van der Waals surface area contributed by atoms with Gasteiger partial charge in [-0.3, -0.25) is 14.4 Å². The van der Waals surface area contributed by atoms with Gasteiger partial charge in [0.15, 0.2) is 0 Å². The van der Waals surface area contributed by atoms with Gasteiger partial charge in [0.1, 0.15) is 24.4 Å². The van der Waals surface area contributed by atoms with E-state index in [0.29, 0.717) is 18.8 Å². The Bertz CT molecular complexity index is 804. The maximum atomic E-state index is 13.5. The first kappa shape index (κ1) is 22.2. The van der Waals surface area contributed by atoms with Crippen LogP contribution in [-0.2, 0) is 25.7 Å². The fourth-order valence-electron chi connectivity index (χ4n) is 3.94. The fourth-order valence-corrected chi connectivity index (χ4v) is 3.94. The lowest BCUT2D eigenvalue weighted by Gasteiger charge is -2.34. The van der Waals surface area contributed by atoms with Crippen LogP contribution in [-0.4, -0.2) is 93.1 Å². The number of hydrogen-bond donors (Lipinski definition) is 2. The van der Waals surface area contributed by atoms with Crippen LogP contribution in [0.1, 0.15) is 38.9 Å². The number of aliphatic hydroxyl groups is 1. The maximum absolute atomic E-state index is 13.5. The number of nitrogens with zero attached hydrogens (tertiary/aromatic N) is 5. The second-order valence-electron chi connectivity index (χ2n) is 8.84. The van der Waals surface area contributed by atoms with E-state index in [9.17, 15) is 19.5 Å². The Morgan fingerprint density at radius 3 is 2.77 bits per heavy atom. The van der Waals surface area contributed by atoms with Crippen LogP contribution in [0.3, 0.4) is 0 Å². The number of β-amino-alcohol motifs (C(OH)–C–C–N with tert-alkyl or cyclic N) is 1. The van der Waals surface area contributed by atoms with Crippen molar-refractivity contribution in [2.75, 3.05) is 33.4 Å². The highest BCUT2D eigenvalue weighted by Gasteiger charge is 2.45. The zero-order valence-corrected chi connectivity index (χ0v) is 17.9. The van der Waals surface area contributed by atoms with Crippen molar-refractivity contribution < 1.29 is 24.2 Å². The molecule has 1 aromatic heterocycles. The molecule has 0 spiro atoms. The largest absolute Gasteiger partial charge is 0.391 e. The van der Waals surface area contributed by atoms with Crippen molar-refractivity contribution in [3.05, 3.63) is 11.9 Å². The molecule has 11 nitrogen and oxygen atoms in total. The Kier molecular flexibility index (Phi) is 6.41. The van der Waals surface area contributed by atoms with Crippen LogP contribution in [0.15, 0.2) is 6.20 Å². The molecule has 11 heteroatoms. The minimum atomic E-state index is -0.754. The second-order valence-corrected chi connectivity index (χ2v) is 8.84. The summed E-state index contributed by atoms with van der Waals surface area (Å²) >= 11 is 0. The molecule has 2 aliphatic heterocycles. The van der Waals surface area contributed by atoms with Gasteiger partial charge in [-0.2, -0.15) is 0 Å². The summed E-state index contributed by atoms with van der Waals surface area (Å²) in [6.45, 7) is 7.10. The summed E-state index contributed by atoms with van der Waals surface area (Å²) in [7, 11) is 1.51. The van der Waals surface area contributed by atoms with Crippen molar-refractivity contribution in [2.24, 2.45) is 5.41 Å². The summed E-state index contributed by atoms with van der Waals surface area (Å²) in [6, 6.07) is -1.45. The molecule has 2 aliphatic rings. The molecule has 2 saturated heterocycles. The smallest absolute Gasteiger partial charge is 0.249 e. The number of carbonyl (C=O) groups excluding carboxylic acids is 3. The van der Waals surface area contributed by atoms with E-state index in [1.165, 1.54) is 16.6 Å². The third-order valence-electron chi connectivity index (χ3n) is 5.42. The molecule has 2 N–H and O–H groups in total. The molecule has 2 fully saturated rings. The van der Waals surface area contributed by atoms with E-state index in [1.54, 1.807) is 11.1 Å². The zero-order valence-electron chi connectivity index (χ0n) is 17.9. The first-order valence-electron chi connectivity index (χ1n) is 10.1. The van der Waals surface area contributed by atoms with Crippen molar-refractivity contribution in [2.45, 2.75) is 51.9 Å². The standard InChI is InChI=1S/C19H30N6O5/c1-19(2,3)16(18(29)24-10-13(26)7-14(24)17(28)20-4)25-9-12(21-22-25)8-23-5-6-30-11-15(23)27/h9,13-14,16,26H,5-8,10-11H2,1-4H3,(H,20,28)/t13?,14-,16?/m1/s1. The van der Waals surface area contributed by atoms with E-state index >= 15 is 0 Å². The molecule has 0 radical (unpaired) electrons. The number of rotatable bonds is 5. The first-order valence-corrected chi connectivity index (χ1v) is 10.1. The molecule has 3 heterocycles. The summed E-state index contributed by atoms with van der Waals surface area (Å²) in [4.78, 5) is 40.8. The van der Waals surface area contributed by atoms with Crippen LogP contribution >= 0.6 is 0 Å². The van der Waals surface area contributed by atoms with Crippen LogP contribution in [0.2, 0.25) is 0 Å². The van der Waals surface area contributed by atoms with Crippen molar-refractivity contribution in [1.29, 1.82) is 0 Å². The van der Waals surface area contributed by atoms with Crippen LogP contribution in [0.5, 0.6) is 0 Å². The molecule has 0 aromatic carbocycles. The van der Waals surface area contributed by atoms with E-state index < -0.39 is 23.6 Å². The summed E-state index contributed by atoms with van der Waals surface area (Å²) in [5.74, 6) is -0.720. The SMILES string of the molecule is CNC(=O)[C@H]1CC(O)CN1C(=O)C(n1cc(CN2CCOCC2=O)nn1)C(C)(C)C. The predicted octanol–water partition coefficient (Wildman–Crippen LogP) is -1.07. The second kappa shape index (κ2) is 8.68. The summed E-state index contributed by atoms with van der Waals surface area (Å²) in [5.41, 5.74) is 0.0362. The Balaban J connectivity index is 1.83. The predicted molar refractivity (Wildman–Crippen MR) is 105 cm³/mol. The molecule has 3 atom stereocenters. The van der Waals surface area contributed by atoms with E-state index in [4.69, 9.17) is 4.74 Å². The van der Waals surface area contributed by atoms with Gasteiger partial charge in [0, 0.05) is 26.6 Å². The molecular weight excluding hydrogens is 392 g/mol. The normalized spacial score (nSPS) is 23.6. The van der Waals surface area contributed by atoms with Gasteiger partial charge in [-0.25, -0.2) is 4.68 Å². The van der Waals surface area contributed by atoms with E-state index in [2.05, 4.69) is 15.6 Å². The molecule has 0 aliphatic carbocycles. The van der Waals surface area contributed by atoms with Gasteiger partial charge in [0.05, 0.1) is 25.5 Å². The molecule has 0 bridgehead atoms. The Labute approximate surface area is 175 Å². The first-order chi connectivity index (χ1) is 14.1. The van der Waals surface area contributed by atoms with Gasteiger partial charge < -0.3 is 25.0 Å². The number of likely N-dealkylation sites (N-methyl/N-ethyl adjacent to an activating group) is 1. The summed E-state index contributed by atoms with van der Waals surface area (Å²) in [6.07, 6.45) is 1.11. The quantitative estimate of drug-likeness (QED) is 0.618. The number of likely N-dealkylation sites (tertiary alicyclic amines) is 1. The lowest BCUT2D eigenvalue weighted by atomic mass is 9.85. The molecule has 3 amide bonds. The molecule has 2 unspecified atom stereocenters. The average molecular weight is 422 g/mol.